The SMILES string of the molecule is NNC(=O)NCc1ccc2c(c1)CCO2. The molecule has 0 saturated carbocycles. The van der Waals surface area contributed by atoms with E-state index in [4.69, 9.17) is 10.6 Å². The minimum absolute atomic E-state index is 0.383. The van der Waals surface area contributed by atoms with Crippen molar-refractivity contribution in [1.82, 2.24) is 10.7 Å². The molecule has 80 valence electrons. The first-order valence-electron chi connectivity index (χ1n) is 4.78. The summed E-state index contributed by atoms with van der Waals surface area (Å²) in [4.78, 5) is 10.8. The Kier molecular flexibility index (Phi) is 2.73. The van der Waals surface area contributed by atoms with Gasteiger partial charge < -0.3 is 10.1 Å². The Morgan fingerprint density at radius 2 is 2.40 bits per heavy atom. The average molecular weight is 207 g/mol. The van der Waals surface area contributed by atoms with Crippen LogP contribution < -0.4 is 21.3 Å². The molecule has 1 aliphatic rings. The van der Waals surface area contributed by atoms with E-state index >= 15 is 0 Å². The maximum Gasteiger partial charge on any atom is 0.329 e. The van der Waals surface area contributed by atoms with Crippen molar-refractivity contribution in [3.63, 3.8) is 0 Å². The van der Waals surface area contributed by atoms with Crippen molar-refractivity contribution in [2.24, 2.45) is 5.84 Å². The molecule has 1 aromatic carbocycles. The minimum Gasteiger partial charge on any atom is -0.493 e. The molecule has 0 aliphatic carbocycles. The Hall–Kier alpha value is -1.75. The van der Waals surface area contributed by atoms with Crippen molar-refractivity contribution in [2.45, 2.75) is 13.0 Å². The number of hydrazine groups is 1. The number of carbonyl (C=O) groups is 1. The molecule has 0 bridgehead atoms. The summed E-state index contributed by atoms with van der Waals surface area (Å²) >= 11 is 0. The lowest BCUT2D eigenvalue weighted by atomic mass is 10.1. The van der Waals surface area contributed by atoms with Gasteiger partial charge in [-0.15, -0.1) is 0 Å². The lowest BCUT2D eigenvalue weighted by Crippen LogP contribution is -2.39. The zero-order valence-corrected chi connectivity index (χ0v) is 8.25. The number of hydrogen-bond donors (Lipinski definition) is 3. The largest absolute Gasteiger partial charge is 0.493 e. The van der Waals surface area contributed by atoms with Gasteiger partial charge in [-0.25, -0.2) is 10.6 Å². The Morgan fingerprint density at radius 3 is 3.20 bits per heavy atom. The van der Waals surface area contributed by atoms with E-state index in [9.17, 15) is 4.79 Å². The zero-order valence-electron chi connectivity index (χ0n) is 8.25. The molecule has 0 radical (unpaired) electrons. The van der Waals surface area contributed by atoms with Gasteiger partial charge in [-0.3, -0.25) is 5.43 Å². The first kappa shape index (κ1) is 9.79. The molecule has 4 N–H and O–H groups in total. The van der Waals surface area contributed by atoms with Crippen LogP contribution in [0.1, 0.15) is 11.1 Å². The number of amides is 2. The van der Waals surface area contributed by atoms with Gasteiger partial charge in [0.25, 0.3) is 0 Å². The lowest BCUT2D eigenvalue weighted by molar-refractivity contribution is 0.241. The van der Waals surface area contributed by atoms with Gasteiger partial charge in [-0.2, -0.15) is 0 Å². The number of hydrogen-bond acceptors (Lipinski definition) is 3. The number of benzene rings is 1. The summed E-state index contributed by atoms with van der Waals surface area (Å²) in [7, 11) is 0. The van der Waals surface area contributed by atoms with Crippen LogP contribution in [0, 0.1) is 0 Å². The van der Waals surface area contributed by atoms with E-state index in [-0.39, 0.29) is 6.03 Å². The van der Waals surface area contributed by atoms with Crippen LogP contribution in [0.5, 0.6) is 5.75 Å². The van der Waals surface area contributed by atoms with E-state index in [1.165, 1.54) is 5.56 Å². The highest BCUT2D eigenvalue weighted by Gasteiger charge is 2.11. The van der Waals surface area contributed by atoms with Crippen molar-refractivity contribution in [1.29, 1.82) is 0 Å². The lowest BCUT2D eigenvalue weighted by Gasteiger charge is -2.05. The summed E-state index contributed by atoms with van der Waals surface area (Å²) in [5, 5.41) is 2.62. The third-order valence-electron chi connectivity index (χ3n) is 2.34. The van der Waals surface area contributed by atoms with Crippen LogP contribution in [-0.4, -0.2) is 12.6 Å². The van der Waals surface area contributed by atoms with Crippen molar-refractivity contribution < 1.29 is 9.53 Å². The van der Waals surface area contributed by atoms with Crippen molar-refractivity contribution >= 4 is 6.03 Å². The molecule has 0 spiro atoms. The molecule has 0 fully saturated rings. The van der Waals surface area contributed by atoms with E-state index in [0.717, 1.165) is 24.3 Å². The molecule has 0 unspecified atom stereocenters. The first-order valence-corrected chi connectivity index (χ1v) is 4.78. The summed E-state index contributed by atoms with van der Waals surface area (Å²) < 4.78 is 5.38. The second-order valence-corrected chi connectivity index (χ2v) is 3.37. The molecule has 15 heavy (non-hydrogen) atoms. The van der Waals surface area contributed by atoms with Crippen LogP contribution in [0.25, 0.3) is 0 Å². The molecule has 2 rings (SSSR count). The van der Waals surface area contributed by atoms with E-state index < -0.39 is 0 Å². The molecule has 0 saturated heterocycles. The monoisotopic (exact) mass is 207 g/mol. The van der Waals surface area contributed by atoms with Crippen LogP contribution in [-0.2, 0) is 13.0 Å². The second-order valence-electron chi connectivity index (χ2n) is 3.37. The highest BCUT2D eigenvalue weighted by molar-refractivity contribution is 5.73. The summed E-state index contributed by atoms with van der Waals surface area (Å²) in [6, 6.07) is 5.52. The number of nitrogens with two attached hydrogens (primary N) is 1. The average Bonchev–Trinajstić information content (AvgIpc) is 2.72. The van der Waals surface area contributed by atoms with Gasteiger partial charge in [0.05, 0.1) is 6.61 Å². The number of fused-ring (bicyclic) bond motifs is 1. The fourth-order valence-electron chi connectivity index (χ4n) is 1.58. The number of nitrogens with one attached hydrogen (secondary N) is 2. The van der Waals surface area contributed by atoms with Crippen LogP contribution in [0.3, 0.4) is 0 Å². The van der Waals surface area contributed by atoms with E-state index in [0.29, 0.717) is 6.54 Å². The first-order chi connectivity index (χ1) is 7.29. The smallest absolute Gasteiger partial charge is 0.329 e. The summed E-state index contributed by atoms with van der Waals surface area (Å²) in [5.74, 6) is 5.89. The predicted octanol–water partition coefficient (Wildman–Crippen LogP) is 0.294. The predicted molar refractivity (Wildman–Crippen MR) is 55.2 cm³/mol. The zero-order chi connectivity index (χ0) is 10.7. The number of carbonyl (C=O) groups excluding carboxylic acids is 1. The number of urea groups is 1. The van der Waals surface area contributed by atoms with Gasteiger partial charge in [-0.05, 0) is 17.2 Å². The summed E-state index contributed by atoms with van der Waals surface area (Å²) in [5.41, 5.74) is 4.25. The molecule has 5 nitrogen and oxygen atoms in total. The second kappa shape index (κ2) is 4.18. The number of ether oxygens (including phenoxy) is 1. The Bertz CT molecular complexity index is 379. The van der Waals surface area contributed by atoms with Crippen molar-refractivity contribution in [3.8, 4) is 5.75 Å². The molecule has 1 aromatic rings. The molecule has 5 heteroatoms. The van der Waals surface area contributed by atoms with E-state index in [1.54, 1.807) is 0 Å². The van der Waals surface area contributed by atoms with Gasteiger partial charge in [0.1, 0.15) is 5.75 Å². The fraction of sp³-hybridized carbons (Fsp3) is 0.300. The molecule has 2 amide bonds. The minimum atomic E-state index is -0.383. The molecular weight excluding hydrogens is 194 g/mol. The Labute approximate surface area is 87.6 Å². The maximum absolute atomic E-state index is 10.8. The van der Waals surface area contributed by atoms with E-state index in [1.807, 2.05) is 23.6 Å². The molecule has 0 atom stereocenters. The third kappa shape index (κ3) is 2.19. The third-order valence-corrected chi connectivity index (χ3v) is 2.34. The van der Waals surface area contributed by atoms with Gasteiger partial charge in [0, 0.05) is 13.0 Å². The van der Waals surface area contributed by atoms with Gasteiger partial charge in [0.15, 0.2) is 0 Å². The van der Waals surface area contributed by atoms with Crippen LogP contribution in [0.15, 0.2) is 18.2 Å². The quantitative estimate of drug-likeness (QED) is 0.371. The number of rotatable bonds is 2. The van der Waals surface area contributed by atoms with Crippen molar-refractivity contribution in [3.05, 3.63) is 29.3 Å². The maximum atomic E-state index is 10.8. The van der Waals surface area contributed by atoms with Crippen LogP contribution in [0.2, 0.25) is 0 Å². The fourth-order valence-corrected chi connectivity index (χ4v) is 1.58. The Balaban J connectivity index is 2.01. The summed E-state index contributed by atoms with van der Waals surface area (Å²) in [6.45, 7) is 1.21. The summed E-state index contributed by atoms with van der Waals surface area (Å²) in [6.07, 6.45) is 0.937. The Morgan fingerprint density at radius 1 is 1.53 bits per heavy atom. The molecule has 0 aromatic heterocycles. The van der Waals surface area contributed by atoms with Gasteiger partial charge >= 0.3 is 6.03 Å². The van der Waals surface area contributed by atoms with Gasteiger partial charge in [0.2, 0.25) is 0 Å². The molecule has 1 heterocycles. The topological polar surface area (TPSA) is 76.4 Å². The highest BCUT2D eigenvalue weighted by atomic mass is 16.5. The van der Waals surface area contributed by atoms with Crippen LogP contribution >= 0.6 is 0 Å². The van der Waals surface area contributed by atoms with Gasteiger partial charge in [-0.1, -0.05) is 12.1 Å². The normalized spacial score (nSPS) is 12.9. The molecular formula is C10H13N3O2. The van der Waals surface area contributed by atoms with Crippen molar-refractivity contribution in [2.75, 3.05) is 6.61 Å². The highest BCUT2D eigenvalue weighted by Crippen LogP contribution is 2.25. The standard InChI is InChI=1S/C10H13N3O2/c11-13-10(14)12-6-7-1-2-9-8(5-7)3-4-15-9/h1-2,5H,3-4,6,11H2,(H2,12,13,14). The van der Waals surface area contributed by atoms with E-state index in [2.05, 4.69) is 5.32 Å². The van der Waals surface area contributed by atoms with Crippen LogP contribution in [0.4, 0.5) is 4.79 Å². The molecule has 1 aliphatic heterocycles.